The van der Waals surface area contributed by atoms with E-state index in [0.29, 0.717) is 41.4 Å². The van der Waals surface area contributed by atoms with E-state index in [-0.39, 0.29) is 41.6 Å². The van der Waals surface area contributed by atoms with E-state index in [4.69, 9.17) is 9.47 Å². The molecular weight excluding hydrogens is 440 g/mol. The van der Waals surface area contributed by atoms with Crippen molar-refractivity contribution >= 4 is 11.9 Å². The first kappa shape index (κ1) is 26.9. The van der Waals surface area contributed by atoms with E-state index >= 15 is 0 Å². The van der Waals surface area contributed by atoms with Crippen molar-refractivity contribution in [1.82, 2.24) is 0 Å². The molecule has 0 aliphatic heterocycles. The van der Waals surface area contributed by atoms with E-state index < -0.39 is 0 Å². The summed E-state index contributed by atoms with van der Waals surface area (Å²) >= 11 is 0. The smallest absolute Gasteiger partial charge is 0.302 e. The summed E-state index contributed by atoms with van der Waals surface area (Å²) < 4.78 is 12.0. The number of carbonyl (C=O) groups is 2. The second-order valence-corrected chi connectivity index (χ2v) is 13.1. The molecule has 4 aliphatic rings. The van der Waals surface area contributed by atoms with Gasteiger partial charge in [-0.15, -0.1) is 0 Å². The molecule has 4 saturated carbocycles. The average molecular weight is 491 g/mol. The lowest BCUT2D eigenvalue weighted by atomic mass is 9.41. The predicted molar refractivity (Wildman–Crippen MR) is 136 cm³/mol. The van der Waals surface area contributed by atoms with E-state index in [1.54, 1.807) is 6.92 Å². The predicted octanol–water partition coefficient (Wildman–Crippen LogP) is 6.16. The van der Waals surface area contributed by atoms with Crippen LogP contribution in [0.3, 0.4) is 0 Å². The van der Waals surface area contributed by atoms with E-state index in [9.17, 15) is 14.7 Å². The molecule has 0 aromatic rings. The van der Waals surface area contributed by atoms with Crippen molar-refractivity contribution in [1.29, 1.82) is 0 Å². The molecule has 0 saturated heterocycles. The largest absolute Gasteiger partial charge is 0.463 e. The zero-order valence-electron chi connectivity index (χ0n) is 23.1. The van der Waals surface area contributed by atoms with Gasteiger partial charge >= 0.3 is 11.9 Å². The minimum Gasteiger partial charge on any atom is -0.463 e. The van der Waals surface area contributed by atoms with Crippen molar-refractivity contribution in [2.24, 2.45) is 52.3 Å². The first-order chi connectivity index (χ1) is 16.6. The maximum absolute atomic E-state index is 12.4. The minimum absolute atomic E-state index is 0.00811. The van der Waals surface area contributed by atoms with Crippen LogP contribution in [-0.2, 0) is 19.1 Å². The Morgan fingerprint density at radius 3 is 2.23 bits per heavy atom. The van der Waals surface area contributed by atoms with Crippen molar-refractivity contribution in [2.45, 2.75) is 118 Å². The van der Waals surface area contributed by atoms with Crippen molar-refractivity contribution in [3.8, 4) is 0 Å². The molecule has 0 aromatic carbocycles. The van der Waals surface area contributed by atoms with Crippen LogP contribution in [0.1, 0.15) is 106 Å². The fourth-order valence-electron chi connectivity index (χ4n) is 10.2. The maximum atomic E-state index is 12.4. The molecule has 4 fully saturated rings. The molecule has 1 N–H and O–H groups in total. The van der Waals surface area contributed by atoms with E-state index in [1.165, 1.54) is 32.6 Å². The van der Waals surface area contributed by atoms with Crippen molar-refractivity contribution in [2.75, 3.05) is 6.61 Å². The molecule has 0 heterocycles. The Bertz CT molecular complexity index is 781. The normalized spacial score (nSPS) is 45.6. The Balaban J connectivity index is 1.68. The molecule has 4 aliphatic carbocycles. The second kappa shape index (κ2) is 10.3. The summed E-state index contributed by atoms with van der Waals surface area (Å²) in [7, 11) is 0. The Kier molecular flexibility index (Phi) is 7.96. The molecule has 4 rings (SSSR count). The summed E-state index contributed by atoms with van der Waals surface area (Å²) in [6, 6.07) is 0. The van der Waals surface area contributed by atoms with Gasteiger partial charge in [-0.25, -0.2) is 0 Å². The Labute approximate surface area is 213 Å². The number of hydrogen-bond acceptors (Lipinski definition) is 5. The van der Waals surface area contributed by atoms with Crippen LogP contribution in [0.5, 0.6) is 0 Å². The molecule has 35 heavy (non-hydrogen) atoms. The quantitative estimate of drug-likeness (QED) is 0.433. The molecule has 5 nitrogen and oxygen atoms in total. The third kappa shape index (κ3) is 4.68. The number of ether oxygens (including phenoxy) is 2. The van der Waals surface area contributed by atoms with Crippen LogP contribution in [0.25, 0.3) is 0 Å². The van der Waals surface area contributed by atoms with Gasteiger partial charge in [0.1, 0.15) is 12.2 Å². The number of aliphatic hydroxyl groups excluding tert-OH is 1. The zero-order chi connectivity index (χ0) is 25.5. The Hall–Kier alpha value is -1.10. The zero-order valence-corrected chi connectivity index (χ0v) is 23.1. The first-order valence-electron chi connectivity index (χ1n) is 14.5. The standard InChI is InChI=1S/C30H50O5/c1-7-22-26-17-21(34-19(3)32)12-14-30(26,6)25-13-15-29(5)23(18(2)9-8-16-31)10-11-24(29)27(25)28(22)35-20(4)33/h18,21-28,31H,7-17H2,1-6H3/t18-,21-,22-,23?,24+,25+,26?,27?,28-,29?,30+/m1/s1. The first-order valence-corrected chi connectivity index (χ1v) is 14.5. The van der Waals surface area contributed by atoms with Gasteiger partial charge in [0.05, 0.1) is 0 Å². The van der Waals surface area contributed by atoms with E-state index in [2.05, 4.69) is 27.7 Å². The summed E-state index contributed by atoms with van der Waals surface area (Å²) in [6.45, 7) is 13.1. The van der Waals surface area contributed by atoms with Crippen molar-refractivity contribution < 1.29 is 24.2 Å². The van der Waals surface area contributed by atoms with Gasteiger partial charge in [0.2, 0.25) is 0 Å². The molecule has 4 unspecified atom stereocenters. The van der Waals surface area contributed by atoms with Gasteiger partial charge in [0.25, 0.3) is 0 Å². The number of fused-ring (bicyclic) bond motifs is 5. The summed E-state index contributed by atoms with van der Waals surface area (Å²) in [4.78, 5) is 24.2. The second-order valence-electron chi connectivity index (χ2n) is 13.1. The van der Waals surface area contributed by atoms with Gasteiger partial charge in [-0.3, -0.25) is 9.59 Å². The van der Waals surface area contributed by atoms with Crippen LogP contribution in [0.4, 0.5) is 0 Å². The Morgan fingerprint density at radius 2 is 1.60 bits per heavy atom. The van der Waals surface area contributed by atoms with Crippen molar-refractivity contribution in [3.05, 3.63) is 0 Å². The van der Waals surface area contributed by atoms with Gasteiger partial charge in [-0.1, -0.05) is 27.7 Å². The average Bonchev–Trinajstić information content (AvgIpc) is 3.15. The fourth-order valence-corrected chi connectivity index (χ4v) is 10.2. The number of carbonyl (C=O) groups excluding carboxylic acids is 2. The van der Waals surface area contributed by atoms with Gasteiger partial charge in [0, 0.05) is 26.4 Å². The van der Waals surface area contributed by atoms with Crippen LogP contribution >= 0.6 is 0 Å². The van der Waals surface area contributed by atoms with Crippen LogP contribution in [-0.4, -0.2) is 35.9 Å². The summed E-state index contributed by atoms with van der Waals surface area (Å²) in [5.74, 6) is 3.27. The fraction of sp³-hybridized carbons (Fsp3) is 0.933. The number of aliphatic hydroxyl groups is 1. The van der Waals surface area contributed by atoms with Gasteiger partial charge in [-0.05, 0) is 111 Å². The monoisotopic (exact) mass is 490 g/mol. The lowest BCUT2D eigenvalue weighted by molar-refractivity contribution is -0.219. The summed E-state index contributed by atoms with van der Waals surface area (Å²) in [6.07, 6.45) is 10.8. The Morgan fingerprint density at radius 1 is 0.943 bits per heavy atom. The molecule has 0 bridgehead atoms. The number of rotatable bonds is 7. The van der Waals surface area contributed by atoms with Gasteiger partial charge < -0.3 is 14.6 Å². The molecular formula is C30H50O5. The topological polar surface area (TPSA) is 72.8 Å². The van der Waals surface area contributed by atoms with Crippen LogP contribution in [0.2, 0.25) is 0 Å². The third-order valence-electron chi connectivity index (χ3n) is 11.6. The van der Waals surface area contributed by atoms with Crippen molar-refractivity contribution in [3.63, 3.8) is 0 Å². The van der Waals surface area contributed by atoms with Crippen LogP contribution < -0.4 is 0 Å². The molecule has 0 spiro atoms. The lowest BCUT2D eigenvalue weighted by Crippen LogP contribution is -2.63. The molecule has 0 aromatic heterocycles. The van der Waals surface area contributed by atoms with E-state index in [1.807, 2.05) is 0 Å². The minimum atomic E-state index is -0.183. The molecule has 5 heteroatoms. The number of hydrogen-bond donors (Lipinski definition) is 1. The van der Waals surface area contributed by atoms with Crippen LogP contribution in [0, 0.1) is 52.3 Å². The number of esters is 2. The van der Waals surface area contributed by atoms with Gasteiger partial charge in [-0.2, -0.15) is 0 Å². The maximum Gasteiger partial charge on any atom is 0.302 e. The SMILES string of the molecule is CC[C@@H]1C2C[C@H](OC(C)=O)CC[C@@]2(C)[C@H]2CCC3(C)C([C@H](C)CCCO)CC[C@H]3C2[C@@H]1OC(C)=O. The van der Waals surface area contributed by atoms with E-state index in [0.717, 1.165) is 38.5 Å². The van der Waals surface area contributed by atoms with Gasteiger partial charge in [0.15, 0.2) is 0 Å². The highest BCUT2D eigenvalue weighted by Gasteiger charge is 2.66. The molecule has 0 radical (unpaired) electrons. The summed E-state index contributed by atoms with van der Waals surface area (Å²) in [5, 5.41) is 9.41. The highest BCUT2D eigenvalue weighted by molar-refractivity contribution is 5.66. The highest BCUT2D eigenvalue weighted by Crippen LogP contribution is 2.70. The highest BCUT2D eigenvalue weighted by atomic mass is 16.5. The molecule has 200 valence electrons. The summed E-state index contributed by atoms with van der Waals surface area (Å²) in [5.41, 5.74) is 0.491. The third-order valence-corrected chi connectivity index (χ3v) is 11.6. The molecule has 0 amide bonds. The van der Waals surface area contributed by atoms with Crippen LogP contribution in [0.15, 0.2) is 0 Å². The lowest BCUT2D eigenvalue weighted by Gasteiger charge is -2.65. The molecule has 11 atom stereocenters.